The van der Waals surface area contributed by atoms with E-state index in [0.29, 0.717) is 13.1 Å². The van der Waals surface area contributed by atoms with E-state index >= 15 is 0 Å². The van der Waals surface area contributed by atoms with E-state index in [9.17, 15) is 19.2 Å². The molecule has 4 N–H and O–H groups in total. The molecule has 0 spiro atoms. The third-order valence-corrected chi connectivity index (χ3v) is 12.9. The van der Waals surface area contributed by atoms with Crippen molar-refractivity contribution in [3.8, 4) is 34.4 Å². The first-order chi connectivity index (χ1) is 31.4. The number of amides is 4. The minimum absolute atomic E-state index is 0.000920. The van der Waals surface area contributed by atoms with Crippen LogP contribution in [0.4, 0.5) is 0 Å². The molecule has 4 amide bonds. The average Bonchev–Trinajstić information content (AvgIpc) is 4.09. The molecule has 2 aliphatic carbocycles. The summed E-state index contributed by atoms with van der Waals surface area (Å²) in [5, 5.41) is 6.09. The van der Waals surface area contributed by atoms with Crippen molar-refractivity contribution in [1.82, 2.24) is 40.4 Å². The number of imidazole rings is 2. The lowest BCUT2D eigenvalue weighted by Gasteiger charge is -2.28. The summed E-state index contributed by atoms with van der Waals surface area (Å²) in [6, 6.07) is 33.1. The van der Waals surface area contributed by atoms with Crippen LogP contribution in [0.5, 0.6) is 0 Å². The third-order valence-electron chi connectivity index (χ3n) is 12.9. The molecule has 4 fully saturated rings. The Kier molecular flexibility index (Phi) is 11.4. The van der Waals surface area contributed by atoms with Crippen molar-refractivity contribution in [3.63, 3.8) is 0 Å². The third kappa shape index (κ3) is 8.84. The minimum Gasteiger partial charge on any atom is -0.340 e. The molecule has 6 aromatic rings. The van der Waals surface area contributed by atoms with Gasteiger partial charge in [-0.3, -0.25) is 19.2 Å². The standard InChI is InChI=1S/C52H50N8O4/c61-49(39-25-26-39)57-45(37-9-3-1-4-10-37)51(63)59-29-7-13-43(59)47-53-31-41(55-47)35-21-17-33(18-22-35)15-16-34-19-23-36(24-20-34)42-32-54-48(56-42)44-14-8-30-60(44)52(64)46(38-11-5-2-6-12-38)58-50(62)40-27-28-40/h1-6,9-12,17-24,31-32,39-40,43-46H,7-8,13-14,25-30H2,(H,53,55)(H,54,56)(H,57,61)(H,58,62). The lowest BCUT2D eigenvalue weighted by atomic mass is 10.0. The largest absolute Gasteiger partial charge is 0.340 e. The van der Waals surface area contributed by atoms with Crippen molar-refractivity contribution < 1.29 is 19.2 Å². The van der Waals surface area contributed by atoms with E-state index < -0.39 is 12.1 Å². The highest BCUT2D eigenvalue weighted by Gasteiger charge is 2.41. The van der Waals surface area contributed by atoms with E-state index in [1.807, 2.05) is 131 Å². The fourth-order valence-electron chi connectivity index (χ4n) is 8.95. The summed E-state index contributed by atoms with van der Waals surface area (Å²) in [7, 11) is 0. The van der Waals surface area contributed by atoms with Gasteiger partial charge in [-0.2, -0.15) is 0 Å². The molecule has 2 aliphatic heterocycles. The first kappa shape index (κ1) is 40.8. The van der Waals surface area contributed by atoms with Gasteiger partial charge in [0.2, 0.25) is 23.6 Å². The summed E-state index contributed by atoms with van der Waals surface area (Å²) in [6.45, 7) is 1.20. The monoisotopic (exact) mass is 850 g/mol. The lowest BCUT2D eigenvalue weighted by molar-refractivity contribution is -0.138. The number of carbonyl (C=O) groups excluding carboxylic acids is 4. The van der Waals surface area contributed by atoms with E-state index in [2.05, 4.69) is 32.4 Å². The molecule has 12 nitrogen and oxygen atoms in total. The topological polar surface area (TPSA) is 156 Å². The number of benzene rings is 4. The molecule has 2 aromatic heterocycles. The second-order valence-corrected chi connectivity index (χ2v) is 17.4. The summed E-state index contributed by atoms with van der Waals surface area (Å²) in [5.74, 6) is 7.69. The van der Waals surface area contributed by atoms with Crippen molar-refractivity contribution >= 4 is 23.6 Å². The average molecular weight is 851 g/mol. The molecule has 64 heavy (non-hydrogen) atoms. The van der Waals surface area contributed by atoms with Gasteiger partial charge < -0.3 is 30.4 Å². The van der Waals surface area contributed by atoms with Gasteiger partial charge in [0.1, 0.15) is 23.7 Å². The van der Waals surface area contributed by atoms with Crippen LogP contribution in [-0.4, -0.2) is 66.5 Å². The summed E-state index contributed by atoms with van der Waals surface area (Å²) < 4.78 is 0. The van der Waals surface area contributed by atoms with E-state index in [4.69, 9.17) is 9.97 Å². The number of nitrogens with zero attached hydrogens (tertiary/aromatic N) is 4. The van der Waals surface area contributed by atoms with E-state index in [-0.39, 0.29) is 47.5 Å². The second-order valence-electron chi connectivity index (χ2n) is 17.4. The number of likely N-dealkylation sites (tertiary alicyclic amines) is 2. The quantitative estimate of drug-likeness (QED) is 0.0925. The second kappa shape index (κ2) is 17.8. The number of aromatic nitrogens is 4. The predicted octanol–water partition coefficient (Wildman–Crippen LogP) is 7.73. The zero-order chi connectivity index (χ0) is 43.6. The number of nitrogens with one attached hydrogen (secondary N) is 4. The summed E-state index contributed by atoms with van der Waals surface area (Å²) in [6.07, 6.45) is 10.4. The Hall–Kier alpha value is -7.26. The molecule has 4 aromatic carbocycles. The lowest BCUT2D eigenvalue weighted by Crippen LogP contribution is -2.43. The van der Waals surface area contributed by atoms with Gasteiger partial charge in [-0.15, -0.1) is 0 Å². The van der Waals surface area contributed by atoms with Gasteiger partial charge in [0, 0.05) is 36.1 Å². The molecule has 4 atom stereocenters. The molecule has 4 unspecified atom stereocenters. The Morgan fingerprint density at radius 2 is 0.922 bits per heavy atom. The maximum absolute atomic E-state index is 14.1. The van der Waals surface area contributed by atoms with Crippen LogP contribution >= 0.6 is 0 Å². The van der Waals surface area contributed by atoms with Gasteiger partial charge in [-0.25, -0.2) is 9.97 Å². The van der Waals surface area contributed by atoms with Crippen LogP contribution < -0.4 is 10.6 Å². The summed E-state index contributed by atoms with van der Waals surface area (Å²) >= 11 is 0. The van der Waals surface area contributed by atoms with Gasteiger partial charge in [0.15, 0.2) is 0 Å². The van der Waals surface area contributed by atoms with Crippen LogP contribution in [0.2, 0.25) is 0 Å². The van der Waals surface area contributed by atoms with Gasteiger partial charge >= 0.3 is 0 Å². The number of carbonyl (C=O) groups is 4. The molecule has 0 bridgehead atoms. The molecule has 4 aliphatic rings. The smallest absolute Gasteiger partial charge is 0.250 e. The molecule has 4 heterocycles. The van der Waals surface area contributed by atoms with E-state index in [0.717, 1.165) is 108 Å². The number of H-pyrrole nitrogens is 2. The summed E-state index contributed by atoms with van der Waals surface area (Å²) in [4.78, 5) is 73.9. The molecule has 322 valence electrons. The van der Waals surface area contributed by atoms with Gasteiger partial charge in [-0.05, 0) is 97.9 Å². The van der Waals surface area contributed by atoms with Crippen LogP contribution in [0, 0.1) is 23.7 Å². The van der Waals surface area contributed by atoms with E-state index in [1.165, 1.54) is 0 Å². The van der Waals surface area contributed by atoms with Crippen molar-refractivity contribution in [2.24, 2.45) is 11.8 Å². The molecular formula is C52H50N8O4. The van der Waals surface area contributed by atoms with Crippen molar-refractivity contribution in [2.75, 3.05) is 13.1 Å². The fourth-order valence-corrected chi connectivity index (χ4v) is 8.95. The number of hydrogen-bond donors (Lipinski definition) is 4. The molecule has 0 radical (unpaired) electrons. The SMILES string of the molecule is O=C(NC(C(=O)N1CCCC1c1ncc(-c2ccc(C#Cc3ccc(-c4cnc(C5CCCN5C(=O)C(NC(=O)C5CC5)c5ccccc5)[nH]4)cc3)cc2)[nH]1)c1ccccc1)C1CC1. The molecule has 2 saturated carbocycles. The number of rotatable bonds is 12. The zero-order valence-corrected chi connectivity index (χ0v) is 35.5. The first-order valence-corrected chi connectivity index (χ1v) is 22.5. The maximum atomic E-state index is 14.1. The van der Waals surface area contributed by atoms with Crippen LogP contribution in [0.15, 0.2) is 122 Å². The normalized spacial score (nSPS) is 19.1. The zero-order valence-electron chi connectivity index (χ0n) is 35.5. The Bertz CT molecular complexity index is 2530. The Balaban J connectivity index is 0.774. The highest BCUT2D eigenvalue weighted by atomic mass is 16.2. The van der Waals surface area contributed by atoms with Crippen LogP contribution in [0.1, 0.15) is 109 Å². The highest BCUT2D eigenvalue weighted by Crippen LogP contribution is 2.37. The van der Waals surface area contributed by atoms with Gasteiger partial charge in [-0.1, -0.05) is 96.8 Å². The predicted molar refractivity (Wildman–Crippen MR) is 242 cm³/mol. The van der Waals surface area contributed by atoms with E-state index in [1.54, 1.807) is 0 Å². The van der Waals surface area contributed by atoms with Gasteiger partial charge in [0.25, 0.3) is 0 Å². The summed E-state index contributed by atoms with van der Waals surface area (Å²) in [5.41, 5.74) is 6.94. The number of aromatic amines is 2. The van der Waals surface area contributed by atoms with Crippen LogP contribution in [0.3, 0.4) is 0 Å². The van der Waals surface area contributed by atoms with Crippen LogP contribution in [-0.2, 0) is 19.2 Å². The molecule has 10 rings (SSSR count). The Morgan fingerprint density at radius 3 is 1.30 bits per heavy atom. The fraction of sp³-hybridized carbons (Fsp3) is 0.308. The first-order valence-electron chi connectivity index (χ1n) is 22.5. The minimum atomic E-state index is -0.734. The Morgan fingerprint density at radius 1 is 0.531 bits per heavy atom. The van der Waals surface area contributed by atoms with Crippen LogP contribution in [0.25, 0.3) is 22.5 Å². The number of hydrogen-bond acceptors (Lipinski definition) is 6. The Labute approximate surface area is 372 Å². The highest BCUT2D eigenvalue weighted by molar-refractivity contribution is 5.91. The van der Waals surface area contributed by atoms with Crippen molar-refractivity contribution in [2.45, 2.75) is 75.5 Å². The molecular weight excluding hydrogens is 801 g/mol. The van der Waals surface area contributed by atoms with Gasteiger partial charge in [0.05, 0.1) is 35.9 Å². The molecule has 12 heteroatoms. The maximum Gasteiger partial charge on any atom is 0.250 e. The van der Waals surface area contributed by atoms with Crippen molar-refractivity contribution in [3.05, 3.63) is 155 Å². The van der Waals surface area contributed by atoms with Crippen molar-refractivity contribution in [1.29, 1.82) is 0 Å². The molecule has 2 saturated heterocycles.